The lowest BCUT2D eigenvalue weighted by atomic mass is 9.79. The molecular formula is C21H27N. The van der Waals surface area contributed by atoms with Crippen LogP contribution in [-0.4, -0.2) is 6.21 Å². The summed E-state index contributed by atoms with van der Waals surface area (Å²) in [6.45, 7) is 13.5. The monoisotopic (exact) mass is 293 g/mol. The molecule has 2 rings (SSSR count). The maximum absolute atomic E-state index is 4.60. The number of hydrogen-bond donors (Lipinski definition) is 0. The molecule has 0 aliphatic rings. The molecule has 0 saturated carbocycles. The van der Waals surface area contributed by atoms with Gasteiger partial charge in [-0.1, -0.05) is 65.8 Å². The van der Waals surface area contributed by atoms with Gasteiger partial charge in [0.1, 0.15) is 0 Å². The Balaban J connectivity index is 2.45. The summed E-state index contributed by atoms with van der Waals surface area (Å²) in [7, 11) is 0. The fourth-order valence-electron chi connectivity index (χ4n) is 2.26. The Morgan fingerprint density at radius 3 is 1.68 bits per heavy atom. The molecular weight excluding hydrogens is 266 g/mol. The van der Waals surface area contributed by atoms with Crippen molar-refractivity contribution in [2.45, 2.75) is 52.4 Å². The van der Waals surface area contributed by atoms with Crippen molar-refractivity contribution < 1.29 is 0 Å². The smallest absolute Gasteiger partial charge is 0.0629 e. The Kier molecular flexibility index (Phi) is 4.55. The molecule has 116 valence electrons. The zero-order valence-corrected chi connectivity index (χ0v) is 14.6. The predicted octanol–water partition coefficient (Wildman–Crippen LogP) is 6.03. The van der Waals surface area contributed by atoms with E-state index in [9.17, 15) is 0 Å². The molecule has 0 N–H and O–H groups in total. The molecule has 0 aliphatic carbocycles. The fraction of sp³-hybridized carbons (Fsp3) is 0.381. The van der Waals surface area contributed by atoms with Crippen LogP contribution in [0.5, 0.6) is 0 Å². The first-order chi connectivity index (χ1) is 10.2. The summed E-state index contributed by atoms with van der Waals surface area (Å²) in [5, 5.41) is 0. The highest BCUT2D eigenvalue weighted by molar-refractivity contribution is 5.82. The van der Waals surface area contributed by atoms with Crippen LogP contribution in [0.15, 0.2) is 53.5 Å². The summed E-state index contributed by atoms with van der Waals surface area (Å²) in [5.74, 6) is 0. The highest BCUT2D eigenvalue weighted by atomic mass is 14.7. The van der Waals surface area contributed by atoms with Crippen molar-refractivity contribution in [3.63, 3.8) is 0 Å². The molecule has 0 amide bonds. The van der Waals surface area contributed by atoms with Gasteiger partial charge < -0.3 is 0 Å². The van der Waals surface area contributed by atoms with Crippen molar-refractivity contribution in [1.82, 2.24) is 0 Å². The molecule has 0 spiro atoms. The van der Waals surface area contributed by atoms with Gasteiger partial charge in [0.15, 0.2) is 0 Å². The summed E-state index contributed by atoms with van der Waals surface area (Å²) in [6.07, 6.45) is 1.97. The van der Waals surface area contributed by atoms with Crippen LogP contribution in [0.2, 0.25) is 0 Å². The average molecular weight is 293 g/mol. The van der Waals surface area contributed by atoms with E-state index in [2.05, 4.69) is 64.7 Å². The molecule has 0 unspecified atom stereocenters. The number of aliphatic imine (C=N–C) groups is 1. The van der Waals surface area contributed by atoms with Crippen molar-refractivity contribution in [1.29, 1.82) is 0 Å². The van der Waals surface area contributed by atoms with Gasteiger partial charge in [-0.2, -0.15) is 0 Å². The largest absolute Gasteiger partial charge is 0.256 e. The lowest BCUT2D eigenvalue weighted by molar-refractivity contribution is 0.568. The van der Waals surface area contributed by atoms with Gasteiger partial charge in [-0.3, -0.25) is 4.99 Å². The van der Waals surface area contributed by atoms with Gasteiger partial charge in [-0.05, 0) is 51.8 Å². The third-order valence-electron chi connectivity index (χ3n) is 3.81. The Hall–Kier alpha value is -1.89. The van der Waals surface area contributed by atoms with Crippen LogP contribution >= 0.6 is 0 Å². The molecule has 0 aliphatic heterocycles. The Morgan fingerprint density at radius 2 is 1.23 bits per heavy atom. The summed E-state index contributed by atoms with van der Waals surface area (Å²) < 4.78 is 0. The summed E-state index contributed by atoms with van der Waals surface area (Å²) >= 11 is 0. The Bertz CT molecular complexity index is 620. The average Bonchev–Trinajstić information content (AvgIpc) is 2.44. The number of hydrogen-bond acceptors (Lipinski definition) is 1. The molecule has 22 heavy (non-hydrogen) atoms. The number of nitrogens with zero attached hydrogens (tertiary/aromatic N) is 1. The molecule has 1 nitrogen and oxygen atoms in total. The fourth-order valence-corrected chi connectivity index (χ4v) is 2.26. The SMILES string of the molecule is CC(C)(C)c1cc(C=Nc2ccccc2)cc(C(C)(C)C)c1. The summed E-state index contributed by atoms with van der Waals surface area (Å²) in [4.78, 5) is 4.60. The topological polar surface area (TPSA) is 12.4 Å². The van der Waals surface area contributed by atoms with Crippen LogP contribution in [0.25, 0.3) is 0 Å². The maximum Gasteiger partial charge on any atom is 0.0629 e. The number of benzene rings is 2. The molecule has 0 atom stereocenters. The van der Waals surface area contributed by atoms with E-state index < -0.39 is 0 Å². The molecule has 0 saturated heterocycles. The Morgan fingerprint density at radius 1 is 0.727 bits per heavy atom. The minimum Gasteiger partial charge on any atom is -0.256 e. The molecule has 2 aromatic rings. The van der Waals surface area contributed by atoms with Crippen LogP contribution in [0, 0.1) is 0 Å². The number of rotatable bonds is 2. The molecule has 0 bridgehead atoms. The highest BCUT2D eigenvalue weighted by Gasteiger charge is 2.20. The minimum atomic E-state index is 0.136. The summed E-state index contributed by atoms with van der Waals surface area (Å²) in [5.41, 5.74) is 5.14. The van der Waals surface area contributed by atoms with Crippen molar-refractivity contribution in [3.05, 3.63) is 65.2 Å². The second-order valence-corrected chi connectivity index (χ2v) is 7.94. The van der Waals surface area contributed by atoms with Crippen molar-refractivity contribution in [2.75, 3.05) is 0 Å². The molecule has 2 aromatic carbocycles. The highest BCUT2D eigenvalue weighted by Crippen LogP contribution is 2.30. The van der Waals surface area contributed by atoms with Crippen LogP contribution in [0.4, 0.5) is 5.69 Å². The van der Waals surface area contributed by atoms with Crippen LogP contribution < -0.4 is 0 Å². The molecule has 1 heteroatoms. The molecule has 0 heterocycles. The van der Waals surface area contributed by atoms with Gasteiger partial charge in [-0.25, -0.2) is 0 Å². The van der Waals surface area contributed by atoms with Gasteiger partial charge in [0.05, 0.1) is 5.69 Å². The first-order valence-electron chi connectivity index (χ1n) is 7.91. The van der Waals surface area contributed by atoms with E-state index in [-0.39, 0.29) is 10.8 Å². The van der Waals surface area contributed by atoms with Crippen molar-refractivity contribution in [2.24, 2.45) is 4.99 Å². The second-order valence-electron chi connectivity index (χ2n) is 7.94. The third-order valence-corrected chi connectivity index (χ3v) is 3.81. The minimum absolute atomic E-state index is 0.136. The lowest BCUT2D eigenvalue weighted by Gasteiger charge is -2.25. The third kappa shape index (κ3) is 4.30. The first kappa shape index (κ1) is 16.5. The van der Waals surface area contributed by atoms with E-state index in [4.69, 9.17) is 0 Å². The first-order valence-corrected chi connectivity index (χ1v) is 7.91. The molecule has 0 aromatic heterocycles. The van der Waals surface area contributed by atoms with E-state index in [1.165, 1.54) is 16.7 Å². The van der Waals surface area contributed by atoms with Crippen LogP contribution in [0.3, 0.4) is 0 Å². The van der Waals surface area contributed by atoms with E-state index in [0.29, 0.717) is 0 Å². The second kappa shape index (κ2) is 6.08. The molecule has 0 fully saturated rings. The predicted molar refractivity (Wildman–Crippen MR) is 97.5 cm³/mol. The number of para-hydroxylation sites is 1. The van der Waals surface area contributed by atoms with E-state index in [1.54, 1.807) is 0 Å². The van der Waals surface area contributed by atoms with Crippen LogP contribution in [0.1, 0.15) is 58.2 Å². The Labute approximate surface area is 135 Å². The van der Waals surface area contributed by atoms with Gasteiger partial charge in [-0.15, -0.1) is 0 Å². The van der Waals surface area contributed by atoms with Crippen molar-refractivity contribution >= 4 is 11.9 Å². The van der Waals surface area contributed by atoms with Gasteiger partial charge in [0.25, 0.3) is 0 Å². The van der Waals surface area contributed by atoms with Crippen LogP contribution in [-0.2, 0) is 10.8 Å². The summed E-state index contributed by atoms with van der Waals surface area (Å²) in [6, 6.07) is 16.9. The van der Waals surface area contributed by atoms with E-state index in [0.717, 1.165) is 5.69 Å². The normalized spacial score (nSPS) is 12.8. The lowest BCUT2D eigenvalue weighted by Crippen LogP contribution is -2.17. The van der Waals surface area contributed by atoms with E-state index >= 15 is 0 Å². The van der Waals surface area contributed by atoms with Gasteiger partial charge >= 0.3 is 0 Å². The van der Waals surface area contributed by atoms with E-state index in [1.807, 2.05) is 36.5 Å². The zero-order valence-electron chi connectivity index (χ0n) is 14.6. The maximum atomic E-state index is 4.60. The van der Waals surface area contributed by atoms with Gasteiger partial charge in [0.2, 0.25) is 0 Å². The zero-order chi connectivity index (χ0) is 16.4. The quantitative estimate of drug-likeness (QED) is 0.599. The van der Waals surface area contributed by atoms with Crippen molar-refractivity contribution in [3.8, 4) is 0 Å². The standard InChI is InChI=1S/C21H27N/c1-20(2,3)17-12-16(13-18(14-17)21(4,5)6)15-22-19-10-8-7-9-11-19/h7-15H,1-6H3. The van der Waals surface area contributed by atoms with Gasteiger partial charge in [0, 0.05) is 6.21 Å². The molecule has 0 radical (unpaired) electrons.